The van der Waals surface area contributed by atoms with Crippen LogP contribution in [0.25, 0.3) is 11.1 Å². The first-order chi connectivity index (χ1) is 12.2. The molecule has 0 saturated carbocycles. The number of amides is 1. The first-order valence-corrected chi connectivity index (χ1v) is 8.31. The number of fused-ring (bicyclic) bond motifs is 1. The van der Waals surface area contributed by atoms with E-state index in [4.69, 9.17) is 0 Å². The highest BCUT2D eigenvalue weighted by atomic mass is 16.2. The van der Waals surface area contributed by atoms with Gasteiger partial charge in [0.1, 0.15) is 0 Å². The molecular formula is C20H16N4O. The van der Waals surface area contributed by atoms with Gasteiger partial charge in [-0.15, -0.1) is 0 Å². The number of anilines is 1. The van der Waals surface area contributed by atoms with Crippen molar-refractivity contribution >= 4 is 11.6 Å². The maximum Gasteiger partial charge on any atom is 0.227 e. The minimum atomic E-state index is 0.129. The number of hydrogen-bond donors (Lipinski definition) is 0. The predicted molar refractivity (Wildman–Crippen MR) is 93.0 cm³/mol. The molecule has 0 aliphatic carbocycles. The molecule has 0 aromatic heterocycles. The maximum atomic E-state index is 12.1. The lowest BCUT2D eigenvalue weighted by Gasteiger charge is -2.18. The van der Waals surface area contributed by atoms with Crippen molar-refractivity contribution in [3.05, 3.63) is 53.1 Å². The van der Waals surface area contributed by atoms with Gasteiger partial charge in [-0.3, -0.25) is 4.79 Å². The highest BCUT2D eigenvalue weighted by Gasteiger charge is 2.25. The Hall–Kier alpha value is -3.31. The van der Waals surface area contributed by atoms with Crippen molar-refractivity contribution in [2.75, 3.05) is 11.4 Å². The molecule has 0 N–H and O–H groups in total. The molecule has 5 nitrogen and oxygen atoms in total. The molecular weight excluding hydrogens is 312 g/mol. The van der Waals surface area contributed by atoms with Crippen LogP contribution in [0.1, 0.15) is 29.5 Å². The SMILES string of the molecule is N#Cc1ccc(N2CCCC2=O)cc1-c1cccc2c1CN(C#N)C2. The molecule has 5 heteroatoms. The van der Waals surface area contributed by atoms with Crippen molar-refractivity contribution in [2.45, 2.75) is 25.9 Å². The third-order valence-electron chi connectivity index (χ3n) is 4.92. The molecule has 0 radical (unpaired) electrons. The van der Waals surface area contributed by atoms with Gasteiger partial charge in [-0.05, 0) is 41.3 Å². The lowest BCUT2D eigenvalue weighted by Crippen LogP contribution is -2.23. The summed E-state index contributed by atoms with van der Waals surface area (Å²) < 4.78 is 0. The van der Waals surface area contributed by atoms with Crippen LogP contribution >= 0.6 is 0 Å². The summed E-state index contributed by atoms with van der Waals surface area (Å²) in [6.07, 6.45) is 3.64. The van der Waals surface area contributed by atoms with Crippen molar-refractivity contribution in [1.82, 2.24) is 4.90 Å². The van der Waals surface area contributed by atoms with Gasteiger partial charge < -0.3 is 9.80 Å². The van der Waals surface area contributed by atoms with Gasteiger partial charge in [0.2, 0.25) is 5.91 Å². The minimum absolute atomic E-state index is 0.129. The number of hydrogen-bond acceptors (Lipinski definition) is 4. The fraction of sp³-hybridized carbons (Fsp3) is 0.250. The van der Waals surface area contributed by atoms with Crippen LogP contribution in [0.4, 0.5) is 5.69 Å². The van der Waals surface area contributed by atoms with Gasteiger partial charge in [-0.2, -0.15) is 10.5 Å². The number of nitrogens with zero attached hydrogens (tertiary/aromatic N) is 4. The monoisotopic (exact) mass is 328 g/mol. The average Bonchev–Trinajstić information content (AvgIpc) is 3.26. The molecule has 25 heavy (non-hydrogen) atoms. The fourth-order valence-corrected chi connectivity index (χ4v) is 3.69. The summed E-state index contributed by atoms with van der Waals surface area (Å²) in [5.41, 5.74) is 5.43. The quantitative estimate of drug-likeness (QED) is 0.794. The second-order valence-corrected chi connectivity index (χ2v) is 6.39. The van der Waals surface area contributed by atoms with Crippen LogP contribution in [0.15, 0.2) is 36.4 Å². The molecule has 0 bridgehead atoms. The molecule has 2 aliphatic rings. The third-order valence-corrected chi connectivity index (χ3v) is 4.92. The smallest absolute Gasteiger partial charge is 0.227 e. The summed E-state index contributed by atoms with van der Waals surface area (Å²) in [4.78, 5) is 15.6. The highest BCUT2D eigenvalue weighted by molar-refractivity contribution is 5.96. The maximum absolute atomic E-state index is 12.1. The summed E-state index contributed by atoms with van der Waals surface area (Å²) >= 11 is 0. The van der Waals surface area contributed by atoms with Crippen LogP contribution in [-0.4, -0.2) is 17.4 Å². The molecule has 2 aromatic carbocycles. The Labute approximate surface area is 146 Å². The van der Waals surface area contributed by atoms with Gasteiger partial charge in [-0.25, -0.2) is 0 Å². The van der Waals surface area contributed by atoms with Crippen LogP contribution in [0.2, 0.25) is 0 Å². The van der Waals surface area contributed by atoms with E-state index in [9.17, 15) is 15.3 Å². The zero-order valence-corrected chi connectivity index (χ0v) is 13.7. The highest BCUT2D eigenvalue weighted by Crippen LogP contribution is 2.36. The molecule has 1 fully saturated rings. The van der Waals surface area contributed by atoms with Crippen molar-refractivity contribution in [3.8, 4) is 23.4 Å². The standard InChI is InChI=1S/C20H16N4O/c21-10-14-6-7-16(24-8-2-5-20(24)25)9-18(14)17-4-1-3-15-11-23(13-22)12-19(15)17/h1,3-4,6-7,9H,2,5,8,11-12H2. The molecule has 0 spiro atoms. The van der Waals surface area contributed by atoms with Crippen LogP contribution < -0.4 is 4.90 Å². The minimum Gasteiger partial charge on any atom is -0.312 e. The van der Waals surface area contributed by atoms with Crippen molar-refractivity contribution in [3.63, 3.8) is 0 Å². The molecule has 1 saturated heterocycles. The summed E-state index contributed by atoms with van der Waals surface area (Å²) in [6, 6.07) is 13.8. The largest absolute Gasteiger partial charge is 0.312 e. The molecule has 2 heterocycles. The van der Waals surface area contributed by atoms with E-state index in [1.807, 2.05) is 30.3 Å². The number of benzene rings is 2. The number of nitriles is 2. The Morgan fingerprint density at radius 3 is 2.64 bits per heavy atom. The molecule has 122 valence electrons. The van der Waals surface area contributed by atoms with E-state index in [0.717, 1.165) is 40.9 Å². The molecule has 0 unspecified atom stereocenters. The van der Waals surface area contributed by atoms with Crippen molar-refractivity contribution < 1.29 is 4.79 Å². The topological polar surface area (TPSA) is 71.1 Å². The van der Waals surface area contributed by atoms with E-state index >= 15 is 0 Å². The lowest BCUT2D eigenvalue weighted by molar-refractivity contribution is -0.117. The molecule has 2 aliphatic heterocycles. The van der Waals surface area contributed by atoms with E-state index in [0.29, 0.717) is 25.1 Å². The van der Waals surface area contributed by atoms with E-state index in [1.165, 1.54) is 0 Å². The Balaban J connectivity index is 1.84. The Kier molecular flexibility index (Phi) is 3.63. The molecule has 4 rings (SSSR count). The van der Waals surface area contributed by atoms with Gasteiger partial charge >= 0.3 is 0 Å². The zero-order chi connectivity index (χ0) is 17.4. The Bertz CT molecular complexity index is 951. The number of carbonyl (C=O) groups is 1. The fourth-order valence-electron chi connectivity index (χ4n) is 3.69. The second kappa shape index (κ2) is 5.96. The van der Waals surface area contributed by atoms with Crippen molar-refractivity contribution in [1.29, 1.82) is 10.5 Å². The van der Waals surface area contributed by atoms with Gasteiger partial charge in [0.15, 0.2) is 6.19 Å². The molecule has 1 amide bonds. The van der Waals surface area contributed by atoms with Crippen molar-refractivity contribution in [2.24, 2.45) is 0 Å². The normalized spacial score (nSPS) is 15.8. The third kappa shape index (κ3) is 2.51. The van der Waals surface area contributed by atoms with E-state index in [2.05, 4.69) is 12.3 Å². The van der Waals surface area contributed by atoms with E-state index in [-0.39, 0.29) is 5.91 Å². The lowest BCUT2D eigenvalue weighted by atomic mass is 9.93. The van der Waals surface area contributed by atoms with Crippen LogP contribution in [0, 0.1) is 22.8 Å². The Morgan fingerprint density at radius 2 is 1.92 bits per heavy atom. The van der Waals surface area contributed by atoms with Gasteiger partial charge in [-0.1, -0.05) is 18.2 Å². The van der Waals surface area contributed by atoms with Gasteiger partial charge in [0.05, 0.1) is 24.7 Å². The summed E-state index contributed by atoms with van der Waals surface area (Å²) in [5, 5.41) is 18.7. The first-order valence-electron chi connectivity index (χ1n) is 8.31. The first kappa shape index (κ1) is 15.2. The summed E-state index contributed by atoms with van der Waals surface area (Å²) in [6.45, 7) is 1.88. The Morgan fingerprint density at radius 1 is 1.04 bits per heavy atom. The average molecular weight is 328 g/mol. The van der Waals surface area contributed by atoms with E-state index < -0.39 is 0 Å². The summed E-state index contributed by atoms with van der Waals surface area (Å²) in [7, 11) is 0. The van der Waals surface area contributed by atoms with Gasteiger partial charge in [0, 0.05) is 24.2 Å². The van der Waals surface area contributed by atoms with Gasteiger partial charge in [0.25, 0.3) is 0 Å². The van der Waals surface area contributed by atoms with Crippen LogP contribution in [-0.2, 0) is 17.9 Å². The molecule has 2 aromatic rings. The van der Waals surface area contributed by atoms with E-state index in [1.54, 1.807) is 15.9 Å². The number of carbonyl (C=O) groups excluding carboxylic acids is 1. The van der Waals surface area contributed by atoms with Crippen LogP contribution in [0.5, 0.6) is 0 Å². The summed E-state index contributed by atoms with van der Waals surface area (Å²) in [5.74, 6) is 0.129. The second-order valence-electron chi connectivity index (χ2n) is 6.39. The van der Waals surface area contributed by atoms with Crippen LogP contribution in [0.3, 0.4) is 0 Å². The zero-order valence-electron chi connectivity index (χ0n) is 13.7. The predicted octanol–water partition coefficient (Wildman–Crippen LogP) is 3.15. The molecule has 0 atom stereocenters. The number of rotatable bonds is 2.